The maximum atomic E-state index is 13.3. The Morgan fingerprint density at radius 3 is 2.71 bits per heavy atom. The van der Waals surface area contributed by atoms with E-state index >= 15 is 0 Å². The molecule has 0 N–H and O–H groups in total. The molecule has 1 aliphatic carbocycles. The van der Waals surface area contributed by atoms with Crippen molar-refractivity contribution in [2.24, 2.45) is 0 Å². The molecule has 1 amide bonds. The lowest BCUT2D eigenvalue weighted by atomic mass is 10.1. The molecule has 0 radical (unpaired) electrons. The van der Waals surface area contributed by atoms with E-state index in [9.17, 15) is 9.18 Å². The number of amides is 1. The number of hydrogen-bond donors (Lipinski definition) is 0. The fourth-order valence-electron chi connectivity index (χ4n) is 4.25. The zero-order chi connectivity index (χ0) is 19.3. The minimum absolute atomic E-state index is 0.00844. The van der Waals surface area contributed by atoms with E-state index < -0.39 is 0 Å². The van der Waals surface area contributed by atoms with Crippen LogP contribution in [0.2, 0.25) is 0 Å². The summed E-state index contributed by atoms with van der Waals surface area (Å²) in [4.78, 5) is 18.9. The SMILES string of the molecule is O=C(c1ccc(F)cc1)N(CC1CN(Cc2cccs2)CCO1)C1CCCC1. The summed E-state index contributed by atoms with van der Waals surface area (Å²) in [7, 11) is 0. The molecule has 150 valence electrons. The second-order valence-electron chi connectivity index (χ2n) is 7.71. The van der Waals surface area contributed by atoms with Crippen molar-refractivity contribution in [2.75, 3.05) is 26.2 Å². The summed E-state index contributed by atoms with van der Waals surface area (Å²) in [6.07, 6.45) is 4.41. The number of ether oxygens (including phenoxy) is 1. The third-order valence-electron chi connectivity index (χ3n) is 5.70. The molecule has 2 heterocycles. The van der Waals surface area contributed by atoms with Gasteiger partial charge in [0.1, 0.15) is 5.82 Å². The average Bonchev–Trinajstić information content (AvgIpc) is 3.41. The lowest BCUT2D eigenvalue weighted by Gasteiger charge is -2.37. The Morgan fingerprint density at radius 1 is 1.21 bits per heavy atom. The van der Waals surface area contributed by atoms with Crippen LogP contribution in [-0.4, -0.2) is 54.1 Å². The van der Waals surface area contributed by atoms with E-state index in [-0.39, 0.29) is 23.9 Å². The van der Waals surface area contributed by atoms with Gasteiger partial charge < -0.3 is 9.64 Å². The molecule has 1 aromatic carbocycles. The summed E-state index contributed by atoms with van der Waals surface area (Å²) in [6, 6.07) is 10.4. The van der Waals surface area contributed by atoms with Crippen molar-refractivity contribution in [1.29, 1.82) is 0 Å². The van der Waals surface area contributed by atoms with Gasteiger partial charge in [-0.1, -0.05) is 18.9 Å². The van der Waals surface area contributed by atoms with Crippen LogP contribution in [0, 0.1) is 5.82 Å². The van der Waals surface area contributed by atoms with Crippen LogP contribution in [0.3, 0.4) is 0 Å². The Labute approximate surface area is 169 Å². The van der Waals surface area contributed by atoms with Crippen molar-refractivity contribution >= 4 is 17.2 Å². The van der Waals surface area contributed by atoms with E-state index in [2.05, 4.69) is 22.4 Å². The van der Waals surface area contributed by atoms with Gasteiger partial charge in [-0.15, -0.1) is 11.3 Å². The van der Waals surface area contributed by atoms with E-state index in [1.54, 1.807) is 23.5 Å². The van der Waals surface area contributed by atoms with Crippen LogP contribution in [0.15, 0.2) is 41.8 Å². The van der Waals surface area contributed by atoms with Crippen LogP contribution in [0.1, 0.15) is 40.9 Å². The number of thiophene rings is 1. The predicted octanol–water partition coefficient (Wildman–Crippen LogP) is 4.17. The largest absolute Gasteiger partial charge is 0.374 e. The molecule has 1 saturated carbocycles. The number of carbonyl (C=O) groups is 1. The van der Waals surface area contributed by atoms with Crippen molar-refractivity contribution < 1.29 is 13.9 Å². The molecular formula is C22H27FN2O2S. The van der Waals surface area contributed by atoms with Gasteiger partial charge in [0, 0.05) is 42.7 Å². The maximum absolute atomic E-state index is 13.3. The number of benzene rings is 1. The van der Waals surface area contributed by atoms with Crippen molar-refractivity contribution in [2.45, 2.75) is 44.4 Å². The van der Waals surface area contributed by atoms with Gasteiger partial charge in [0.2, 0.25) is 0 Å². The number of halogens is 1. The fraction of sp³-hybridized carbons (Fsp3) is 0.500. The van der Waals surface area contributed by atoms with Crippen molar-refractivity contribution in [3.8, 4) is 0 Å². The Balaban J connectivity index is 1.44. The van der Waals surface area contributed by atoms with Crippen LogP contribution >= 0.6 is 11.3 Å². The van der Waals surface area contributed by atoms with Gasteiger partial charge in [-0.3, -0.25) is 9.69 Å². The number of morpholine rings is 1. The molecule has 28 heavy (non-hydrogen) atoms. The van der Waals surface area contributed by atoms with E-state index in [0.717, 1.165) is 45.3 Å². The molecular weight excluding hydrogens is 375 g/mol. The molecule has 0 spiro atoms. The van der Waals surface area contributed by atoms with Crippen molar-refractivity contribution in [1.82, 2.24) is 9.80 Å². The summed E-state index contributed by atoms with van der Waals surface area (Å²) in [5.41, 5.74) is 0.555. The number of nitrogens with zero attached hydrogens (tertiary/aromatic N) is 2. The van der Waals surface area contributed by atoms with Gasteiger partial charge in [0.25, 0.3) is 5.91 Å². The van der Waals surface area contributed by atoms with Gasteiger partial charge in [0.05, 0.1) is 12.7 Å². The summed E-state index contributed by atoms with van der Waals surface area (Å²) >= 11 is 1.78. The quantitative estimate of drug-likeness (QED) is 0.727. The molecule has 2 fully saturated rings. The van der Waals surface area contributed by atoms with Gasteiger partial charge in [0.15, 0.2) is 0 Å². The zero-order valence-electron chi connectivity index (χ0n) is 16.1. The molecule has 2 aromatic rings. The molecule has 1 aliphatic heterocycles. The highest BCUT2D eigenvalue weighted by Crippen LogP contribution is 2.26. The van der Waals surface area contributed by atoms with Gasteiger partial charge >= 0.3 is 0 Å². The van der Waals surface area contributed by atoms with Gasteiger partial charge in [-0.2, -0.15) is 0 Å². The lowest BCUT2D eigenvalue weighted by molar-refractivity contribution is -0.0466. The first kappa shape index (κ1) is 19.6. The molecule has 1 unspecified atom stereocenters. The third-order valence-corrected chi connectivity index (χ3v) is 6.56. The average molecular weight is 403 g/mol. The van der Waals surface area contributed by atoms with E-state index in [1.165, 1.54) is 17.0 Å². The van der Waals surface area contributed by atoms with Gasteiger partial charge in [-0.25, -0.2) is 4.39 Å². The van der Waals surface area contributed by atoms with E-state index in [4.69, 9.17) is 4.74 Å². The zero-order valence-corrected chi connectivity index (χ0v) is 16.9. The third kappa shape index (κ3) is 4.80. The first-order valence-corrected chi connectivity index (χ1v) is 11.0. The minimum atomic E-state index is -0.316. The molecule has 1 aromatic heterocycles. The number of carbonyl (C=O) groups excluding carboxylic acids is 1. The first-order valence-electron chi connectivity index (χ1n) is 10.1. The Hall–Kier alpha value is -1.76. The maximum Gasteiger partial charge on any atom is 0.254 e. The normalized spacial score (nSPS) is 21.1. The molecule has 1 saturated heterocycles. The highest BCUT2D eigenvalue weighted by atomic mass is 32.1. The smallest absolute Gasteiger partial charge is 0.254 e. The van der Waals surface area contributed by atoms with Crippen LogP contribution in [0.4, 0.5) is 4.39 Å². The summed E-state index contributed by atoms with van der Waals surface area (Å²) in [5, 5.41) is 2.11. The van der Waals surface area contributed by atoms with Crippen LogP contribution in [0.5, 0.6) is 0 Å². The van der Waals surface area contributed by atoms with E-state index in [0.29, 0.717) is 18.7 Å². The van der Waals surface area contributed by atoms with Crippen LogP contribution < -0.4 is 0 Å². The molecule has 6 heteroatoms. The van der Waals surface area contributed by atoms with Crippen LogP contribution in [-0.2, 0) is 11.3 Å². The Morgan fingerprint density at radius 2 is 2.00 bits per heavy atom. The topological polar surface area (TPSA) is 32.8 Å². The molecule has 4 nitrogen and oxygen atoms in total. The van der Waals surface area contributed by atoms with Gasteiger partial charge in [-0.05, 0) is 48.6 Å². The van der Waals surface area contributed by atoms with Crippen LogP contribution in [0.25, 0.3) is 0 Å². The lowest BCUT2D eigenvalue weighted by Crippen LogP contribution is -2.50. The Kier molecular flexibility index (Phi) is 6.40. The van der Waals surface area contributed by atoms with Crippen molar-refractivity contribution in [3.05, 3.63) is 58.0 Å². The molecule has 2 aliphatic rings. The highest BCUT2D eigenvalue weighted by molar-refractivity contribution is 7.09. The highest BCUT2D eigenvalue weighted by Gasteiger charge is 2.31. The number of rotatable bonds is 6. The first-order chi connectivity index (χ1) is 13.7. The fourth-order valence-corrected chi connectivity index (χ4v) is 5.00. The minimum Gasteiger partial charge on any atom is -0.374 e. The summed E-state index contributed by atoms with van der Waals surface area (Å²) < 4.78 is 19.3. The molecule has 1 atom stereocenters. The second-order valence-corrected chi connectivity index (χ2v) is 8.74. The van der Waals surface area contributed by atoms with Crippen molar-refractivity contribution in [3.63, 3.8) is 0 Å². The second kappa shape index (κ2) is 9.16. The summed E-state index contributed by atoms with van der Waals surface area (Å²) in [5.74, 6) is -0.324. The predicted molar refractivity (Wildman–Crippen MR) is 109 cm³/mol. The van der Waals surface area contributed by atoms with E-state index in [1.807, 2.05) is 4.90 Å². The summed E-state index contributed by atoms with van der Waals surface area (Å²) in [6.45, 7) is 3.98. The standard InChI is InChI=1S/C22H27FN2O2S/c23-18-9-7-17(8-10-18)22(26)25(19-4-1-2-5-19)15-20-14-24(11-12-27-20)16-21-6-3-13-28-21/h3,6-10,13,19-20H,1-2,4-5,11-12,14-16H2. The molecule has 4 rings (SSSR count). The Bertz CT molecular complexity index is 759. The molecule has 0 bridgehead atoms. The number of hydrogen-bond acceptors (Lipinski definition) is 4. The monoisotopic (exact) mass is 402 g/mol.